The Labute approximate surface area is 105 Å². The fraction of sp³-hybridized carbons (Fsp3) is 0.500. The molecule has 1 aromatic carbocycles. The first-order valence-corrected chi connectivity index (χ1v) is 5.99. The first kappa shape index (κ1) is 13.3. The van der Waals surface area contributed by atoms with E-state index in [2.05, 4.69) is 29.8 Å². The summed E-state index contributed by atoms with van der Waals surface area (Å²) in [5.74, 6) is 1.84. The Bertz CT molecular complexity index is 378. The van der Waals surface area contributed by atoms with E-state index >= 15 is 0 Å². The summed E-state index contributed by atoms with van der Waals surface area (Å²) in [6.07, 6.45) is 0. The molecule has 0 spiro atoms. The number of hydrogen-bond acceptors (Lipinski definition) is 3. The third-order valence-electron chi connectivity index (χ3n) is 2.52. The molecule has 0 bridgehead atoms. The molecule has 0 amide bonds. The van der Waals surface area contributed by atoms with Crippen molar-refractivity contribution in [2.24, 2.45) is 5.73 Å². The molecule has 0 saturated heterocycles. The highest BCUT2D eigenvalue weighted by atomic mass is 79.9. The van der Waals surface area contributed by atoms with Crippen molar-refractivity contribution < 1.29 is 9.47 Å². The fourth-order valence-corrected chi connectivity index (χ4v) is 2.49. The molecule has 1 aromatic rings. The standard InChI is InChI=1S/C12H18BrNO2/c1-7(2)10-8(6-14)5-9(13)11(15-3)12(10)16-4/h5,7H,6,14H2,1-4H3. The molecule has 0 aliphatic carbocycles. The molecular weight excluding hydrogens is 270 g/mol. The van der Waals surface area contributed by atoms with Crippen LogP contribution < -0.4 is 15.2 Å². The summed E-state index contributed by atoms with van der Waals surface area (Å²) in [4.78, 5) is 0. The van der Waals surface area contributed by atoms with E-state index in [1.54, 1.807) is 14.2 Å². The fourth-order valence-electron chi connectivity index (χ4n) is 1.87. The number of halogens is 1. The van der Waals surface area contributed by atoms with Crippen LogP contribution in [0.1, 0.15) is 30.9 Å². The van der Waals surface area contributed by atoms with Crippen molar-refractivity contribution in [2.45, 2.75) is 26.3 Å². The van der Waals surface area contributed by atoms with Gasteiger partial charge in [-0.3, -0.25) is 0 Å². The molecule has 0 fully saturated rings. The van der Waals surface area contributed by atoms with Gasteiger partial charge in [-0.05, 0) is 33.5 Å². The van der Waals surface area contributed by atoms with Gasteiger partial charge >= 0.3 is 0 Å². The van der Waals surface area contributed by atoms with Gasteiger partial charge in [-0.15, -0.1) is 0 Å². The molecule has 4 heteroatoms. The maximum absolute atomic E-state index is 5.76. The van der Waals surface area contributed by atoms with Crippen LogP contribution in [0.2, 0.25) is 0 Å². The zero-order chi connectivity index (χ0) is 12.3. The minimum absolute atomic E-state index is 0.343. The number of nitrogens with two attached hydrogens (primary N) is 1. The number of methoxy groups -OCH3 is 2. The van der Waals surface area contributed by atoms with E-state index < -0.39 is 0 Å². The Morgan fingerprint density at radius 1 is 1.25 bits per heavy atom. The summed E-state index contributed by atoms with van der Waals surface area (Å²) in [7, 11) is 3.28. The van der Waals surface area contributed by atoms with Crippen LogP contribution in [-0.2, 0) is 6.54 Å². The molecule has 0 radical (unpaired) electrons. The quantitative estimate of drug-likeness (QED) is 0.926. The third kappa shape index (κ3) is 2.33. The van der Waals surface area contributed by atoms with Crippen molar-refractivity contribution >= 4 is 15.9 Å². The van der Waals surface area contributed by atoms with Gasteiger partial charge in [0.2, 0.25) is 0 Å². The molecule has 1 rings (SSSR count). The summed E-state index contributed by atoms with van der Waals surface area (Å²) in [6.45, 7) is 4.72. The van der Waals surface area contributed by atoms with Gasteiger partial charge < -0.3 is 15.2 Å². The lowest BCUT2D eigenvalue weighted by Crippen LogP contribution is -2.07. The van der Waals surface area contributed by atoms with Crippen molar-refractivity contribution in [3.63, 3.8) is 0 Å². The predicted octanol–water partition coefficient (Wildman–Crippen LogP) is 3.05. The molecule has 0 aliphatic heterocycles. The van der Waals surface area contributed by atoms with Crippen molar-refractivity contribution in [1.82, 2.24) is 0 Å². The predicted molar refractivity (Wildman–Crippen MR) is 69.2 cm³/mol. The van der Waals surface area contributed by atoms with Crippen LogP contribution in [-0.4, -0.2) is 14.2 Å². The van der Waals surface area contributed by atoms with Crippen molar-refractivity contribution in [3.05, 3.63) is 21.7 Å². The van der Waals surface area contributed by atoms with Gasteiger partial charge in [-0.1, -0.05) is 13.8 Å². The summed E-state index contributed by atoms with van der Waals surface area (Å²) >= 11 is 3.46. The average Bonchev–Trinajstić information content (AvgIpc) is 2.26. The zero-order valence-electron chi connectivity index (χ0n) is 10.1. The first-order valence-electron chi connectivity index (χ1n) is 5.20. The van der Waals surface area contributed by atoms with Gasteiger partial charge in [0.1, 0.15) is 0 Å². The molecule has 0 heterocycles. The highest BCUT2D eigenvalue weighted by molar-refractivity contribution is 9.10. The molecule has 3 nitrogen and oxygen atoms in total. The van der Waals surface area contributed by atoms with Crippen LogP contribution in [0.5, 0.6) is 11.5 Å². The summed E-state index contributed by atoms with van der Waals surface area (Å²) in [5, 5.41) is 0. The lowest BCUT2D eigenvalue weighted by Gasteiger charge is -2.20. The molecule has 2 N–H and O–H groups in total. The number of rotatable bonds is 4. The second-order valence-corrected chi connectivity index (χ2v) is 4.71. The van der Waals surface area contributed by atoms with E-state index in [9.17, 15) is 0 Å². The van der Waals surface area contributed by atoms with Gasteiger partial charge in [-0.2, -0.15) is 0 Å². The molecule has 0 unspecified atom stereocenters. The van der Waals surface area contributed by atoms with E-state index in [0.717, 1.165) is 27.1 Å². The second kappa shape index (κ2) is 5.55. The third-order valence-corrected chi connectivity index (χ3v) is 3.11. The smallest absolute Gasteiger partial charge is 0.175 e. The van der Waals surface area contributed by atoms with Crippen molar-refractivity contribution in [3.8, 4) is 11.5 Å². The Morgan fingerprint density at radius 3 is 2.19 bits per heavy atom. The van der Waals surface area contributed by atoms with Crippen LogP contribution >= 0.6 is 15.9 Å². The van der Waals surface area contributed by atoms with Crippen LogP contribution in [0, 0.1) is 0 Å². The average molecular weight is 288 g/mol. The second-order valence-electron chi connectivity index (χ2n) is 3.86. The van der Waals surface area contributed by atoms with E-state index in [1.807, 2.05) is 6.07 Å². The molecule has 0 aromatic heterocycles. The Kier molecular flexibility index (Phi) is 4.62. The number of hydrogen-bond donors (Lipinski definition) is 1. The SMILES string of the molecule is COc1c(Br)cc(CN)c(C(C)C)c1OC. The first-order chi connectivity index (χ1) is 7.56. The Balaban J connectivity index is 3.52. The van der Waals surface area contributed by atoms with Crippen molar-refractivity contribution in [1.29, 1.82) is 0 Å². The van der Waals surface area contributed by atoms with Gasteiger partial charge in [0, 0.05) is 12.1 Å². The minimum atomic E-state index is 0.343. The number of benzene rings is 1. The maximum Gasteiger partial charge on any atom is 0.175 e. The van der Waals surface area contributed by atoms with Crippen molar-refractivity contribution in [2.75, 3.05) is 14.2 Å². The highest BCUT2D eigenvalue weighted by Gasteiger charge is 2.19. The molecule has 90 valence electrons. The molecule has 0 saturated carbocycles. The van der Waals surface area contributed by atoms with E-state index in [-0.39, 0.29) is 0 Å². The van der Waals surface area contributed by atoms with Gasteiger partial charge in [0.15, 0.2) is 11.5 Å². The molecular formula is C12H18BrNO2. The van der Waals surface area contributed by atoms with Crippen LogP contribution in [0.15, 0.2) is 10.5 Å². The Morgan fingerprint density at radius 2 is 1.81 bits per heavy atom. The van der Waals surface area contributed by atoms with Gasteiger partial charge in [0.25, 0.3) is 0 Å². The summed E-state index contributed by atoms with van der Waals surface area (Å²) in [6, 6.07) is 2.00. The maximum atomic E-state index is 5.76. The summed E-state index contributed by atoms with van der Waals surface area (Å²) < 4.78 is 11.7. The topological polar surface area (TPSA) is 44.5 Å². The van der Waals surface area contributed by atoms with E-state index in [1.165, 1.54) is 0 Å². The van der Waals surface area contributed by atoms with E-state index in [4.69, 9.17) is 15.2 Å². The van der Waals surface area contributed by atoms with Crippen LogP contribution in [0.25, 0.3) is 0 Å². The molecule has 16 heavy (non-hydrogen) atoms. The molecule has 0 aliphatic rings. The largest absolute Gasteiger partial charge is 0.493 e. The van der Waals surface area contributed by atoms with Crippen LogP contribution in [0.3, 0.4) is 0 Å². The monoisotopic (exact) mass is 287 g/mol. The van der Waals surface area contributed by atoms with Gasteiger partial charge in [-0.25, -0.2) is 0 Å². The molecule has 0 atom stereocenters. The summed E-state index contributed by atoms with van der Waals surface area (Å²) in [5.41, 5.74) is 7.95. The van der Waals surface area contributed by atoms with Crippen LogP contribution in [0.4, 0.5) is 0 Å². The minimum Gasteiger partial charge on any atom is -0.493 e. The Hall–Kier alpha value is -0.740. The number of ether oxygens (including phenoxy) is 2. The highest BCUT2D eigenvalue weighted by Crippen LogP contribution is 2.43. The lowest BCUT2D eigenvalue weighted by atomic mass is 9.95. The van der Waals surface area contributed by atoms with E-state index in [0.29, 0.717) is 12.5 Å². The normalized spacial score (nSPS) is 10.7. The van der Waals surface area contributed by atoms with Gasteiger partial charge in [0.05, 0.1) is 18.7 Å². The lowest BCUT2D eigenvalue weighted by molar-refractivity contribution is 0.348. The zero-order valence-corrected chi connectivity index (χ0v) is 11.7.